The van der Waals surface area contributed by atoms with Crippen LogP contribution in [-0.2, 0) is 11.3 Å². The second-order valence-electron chi connectivity index (χ2n) is 5.68. The van der Waals surface area contributed by atoms with E-state index in [0.29, 0.717) is 6.54 Å². The molecule has 0 spiro atoms. The fourth-order valence-electron chi connectivity index (χ4n) is 2.46. The van der Waals surface area contributed by atoms with Gasteiger partial charge in [-0.1, -0.05) is 18.2 Å². The van der Waals surface area contributed by atoms with Gasteiger partial charge in [-0.3, -0.25) is 19.6 Å². The van der Waals surface area contributed by atoms with E-state index in [9.17, 15) is 14.9 Å². The predicted octanol–water partition coefficient (Wildman–Crippen LogP) is 1.22. The highest BCUT2D eigenvalue weighted by molar-refractivity contribution is 5.75. The van der Waals surface area contributed by atoms with E-state index in [1.54, 1.807) is 7.11 Å². The van der Waals surface area contributed by atoms with Crippen LogP contribution in [0, 0.1) is 10.1 Å². The van der Waals surface area contributed by atoms with E-state index in [0.717, 1.165) is 17.5 Å². The average Bonchev–Trinajstić information content (AvgIpc) is 3.04. The molecule has 2 rings (SSSR count). The number of hydrogen-bond acceptors (Lipinski definition) is 6. The summed E-state index contributed by atoms with van der Waals surface area (Å²) in [5, 5.41) is 17.3. The van der Waals surface area contributed by atoms with Crippen LogP contribution in [0.4, 0.5) is 5.69 Å². The van der Waals surface area contributed by atoms with E-state index < -0.39 is 4.92 Å². The molecule has 0 saturated carbocycles. The third-order valence-electron chi connectivity index (χ3n) is 3.75. The molecule has 0 aliphatic carbocycles. The second kappa shape index (κ2) is 8.25. The molecule has 1 heterocycles. The van der Waals surface area contributed by atoms with Crippen LogP contribution in [0.15, 0.2) is 36.7 Å². The Hall–Kier alpha value is -2.94. The van der Waals surface area contributed by atoms with Gasteiger partial charge in [0, 0.05) is 12.1 Å². The van der Waals surface area contributed by atoms with Gasteiger partial charge in [0.25, 0.3) is 0 Å². The van der Waals surface area contributed by atoms with E-state index in [1.807, 2.05) is 43.3 Å². The molecule has 1 aromatic carbocycles. The van der Waals surface area contributed by atoms with Crippen molar-refractivity contribution >= 4 is 11.6 Å². The van der Waals surface area contributed by atoms with Crippen molar-refractivity contribution < 1.29 is 14.5 Å². The van der Waals surface area contributed by atoms with Crippen molar-refractivity contribution in [2.45, 2.75) is 12.6 Å². The van der Waals surface area contributed by atoms with Crippen LogP contribution < -0.4 is 10.1 Å². The minimum atomic E-state index is -0.550. The molecule has 9 nitrogen and oxygen atoms in total. The van der Waals surface area contributed by atoms with Gasteiger partial charge >= 0.3 is 5.69 Å². The molecule has 1 unspecified atom stereocenters. The van der Waals surface area contributed by atoms with Crippen molar-refractivity contribution in [3.63, 3.8) is 0 Å². The Bertz CT molecular complexity index is 744. The van der Waals surface area contributed by atoms with Crippen LogP contribution in [0.25, 0.3) is 0 Å². The maximum Gasteiger partial charge on any atom is 0.307 e. The Labute approximate surface area is 145 Å². The van der Waals surface area contributed by atoms with E-state index in [4.69, 9.17) is 4.74 Å². The van der Waals surface area contributed by atoms with E-state index in [-0.39, 0.29) is 24.2 Å². The summed E-state index contributed by atoms with van der Waals surface area (Å²) in [6.07, 6.45) is 2.34. The number of amides is 1. The molecule has 9 heteroatoms. The molecule has 134 valence electrons. The Morgan fingerprint density at radius 3 is 2.76 bits per heavy atom. The minimum absolute atomic E-state index is 0.0768. The lowest BCUT2D eigenvalue weighted by Gasteiger charge is -2.26. The highest BCUT2D eigenvalue weighted by Crippen LogP contribution is 2.27. The molecule has 0 aliphatic heterocycles. The van der Waals surface area contributed by atoms with Crippen LogP contribution in [0.2, 0.25) is 0 Å². The number of aromatic nitrogens is 2. The number of carbonyl (C=O) groups is 1. The number of nitro groups is 1. The molecule has 2 aromatic rings. The normalized spacial score (nSPS) is 12.0. The molecule has 0 saturated heterocycles. The van der Waals surface area contributed by atoms with Crippen molar-refractivity contribution in [2.75, 3.05) is 27.7 Å². The lowest BCUT2D eigenvalue weighted by atomic mass is 10.0. The number of nitrogens with zero attached hydrogens (tertiary/aromatic N) is 4. The molecule has 0 radical (unpaired) electrons. The number of likely N-dealkylation sites (N-methyl/N-ethyl adjacent to an activating group) is 1. The number of para-hydroxylation sites is 1. The third kappa shape index (κ3) is 4.77. The summed E-state index contributed by atoms with van der Waals surface area (Å²) in [6.45, 7) is 0.287. The molecule has 1 N–H and O–H groups in total. The SMILES string of the molecule is COc1ccccc1C(CNC(=O)Cn1cc([N+](=O)[O-])cn1)N(C)C. The zero-order valence-electron chi connectivity index (χ0n) is 14.4. The summed E-state index contributed by atoms with van der Waals surface area (Å²) in [7, 11) is 5.44. The molecule has 0 aliphatic rings. The summed E-state index contributed by atoms with van der Waals surface area (Å²) in [6, 6.07) is 7.55. The molecule has 1 atom stereocenters. The lowest BCUT2D eigenvalue weighted by molar-refractivity contribution is -0.385. The standard InChI is InChI=1S/C16H21N5O4/c1-19(2)14(13-6-4-5-7-15(13)25-3)9-17-16(22)11-20-10-12(8-18-20)21(23)24/h4-8,10,14H,9,11H2,1-3H3,(H,17,22). The Kier molecular flexibility index (Phi) is 6.07. The summed E-state index contributed by atoms with van der Waals surface area (Å²) >= 11 is 0. The Balaban J connectivity index is 2.00. The highest BCUT2D eigenvalue weighted by atomic mass is 16.6. The van der Waals surface area contributed by atoms with Crippen LogP contribution in [0.1, 0.15) is 11.6 Å². The maximum absolute atomic E-state index is 12.1. The van der Waals surface area contributed by atoms with Crippen LogP contribution in [0.5, 0.6) is 5.75 Å². The Morgan fingerprint density at radius 1 is 1.44 bits per heavy atom. The largest absolute Gasteiger partial charge is 0.496 e. The van der Waals surface area contributed by atoms with Crippen molar-refractivity contribution in [2.24, 2.45) is 0 Å². The molecular formula is C16H21N5O4. The van der Waals surface area contributed by atoms with Gasteiger partial charge in [0.2, 0.25) is 5.91 Å². The number of rotatable bonds is 8. The first-order valence-corrected chi connectivity index (χ1v) is 7.65. The molecule has 0 bridgehead atoms. The van der Waals surface area contributed by atoms with Crippen molar-refractivity contribution in [1.82, 2.24) is 20.0 Å². The molecule has 1 aromatic heterocycles. The lowest BCUT2D eigenvalue weighted by Crippen LogP contribution is -2.36. The third-order valence-corrected chi connectivity index (χ3v) is 3.75. The predicted molar refractivity (Wildman–Crippen MR) is 91.3 cm³/mol. The first kappa shape index (κ1) is 18.4. The fourth-order valence-corrected chi connectivity index (χ4v) is 2.46. The van der Waals surface area contributed by atoms with Crippen molar-refractivity contribution in [1.29, 1.82) is 0 Å². The number of nitrogens with one attached hydrogen (secondary N) is 1. The molecule has 1 amide bonds. The molecule has 0 fully saturated rings. The van der Waals surface area contributed by atoms with Gasteiger partial charge in [-0.15, -0.1) is 0 Å². The van der Waals surface area contributed by atoms with Gasteiger partial charge in [-0.05, 0) is 20.2 Å². The zero-order chi connectivity index (χ0) is 18.4. The highest BCUT2D eigenvalue weighted by Gasteiger charge is 2.19. The number of ether oxygens (including phenoxy) is 1. The fraction of sp³-hybridized carbons (Fsp3) is 0.375. The van der Waals surface area contributed by atoms with Crippen molar-refractivity contribution in [3.05, 3.63) is 52.3 Å². The summed E-state index contributed by atoms with van der Waals surface area (Å²) in [5.74, 6) is 0.470. The first-order valence-electron chi connectivity index (χ1n) is 7.65. The summed E-state index contributed by atoms with van der Waals surface area (Å²) in [5.41, 5.74) is 0.818. The van der Waals surface area contributed by atoms with E-state index in [1.165, 1.54) is 10.9 Å². The van der Waals surface area contributed by atoms with Crippen LogP contribution in [0.3, 0.4) is 0 Å². The molecular weight excluding hydrogens is 326 g/mol. The average molecular weight is 347 g/mol. The van der Waals surface area contributed by atoms with Gasteiger partial charge in [0.1, 0.15) is 24.7 Å². The monoisotopic (exact) mass is 347 g/mol. The van der Waals surface area contributed by atoms with Gasteiger partial charge in [0.05, 0.1) is 18.1 Å². The summed E-state index contributed by atoms with van der Waals surface area (Å²) < 4.78 is 6.62. The number of benzene rings is 1. The first-order chi connectivity index (χ1) is 11.9. The molecule has 25 heavy (non-hydrogen) atoms. The van der Waals surface area contributed by atoms with Gasteiger partial charge in [-0.25, -0.2) is 0 Å². The maximum atomic E-state index is 12.1. The van der Waals surface area contributed by atoms with Gasteiger partial charge in [-0.2, -0.15) is 5.10 Å². The van der Waals surface area contributed by atoms with E-state index >= 15 is 0 Å². The number of methoxy groups -OCH3 is 1. The number of carbonyl (C=O) groups excluding carboxylic acids is 1. The smallest absolute Gasteiger partial charge is 0.307 e. The van der Waals surface area contributed by atoms with Crippen molar-refractivity contribution in [3.8, 4) is 5.75 Å². The number of hydrogen-bond donors (Lipinski definition) is 1. The van der Waals surface area contributed by atoms with Crippen LogP contribution >= 0.6 is 0 Å². The second-order valence-corrected chi connectivity index (χ2v) is 5.68. The van der Waals surface area contributed by atoms with Gasteiger partial charge < -0.3 is 15.0 Å². The van der Waals surface area contributed by atoms with E-state index in [2.05, 4.69) is 10.4 Å². The Morgan fingerprint density at radius 2 is 2.16 bits per heavy atom. The minimum Gasteiger partial charge on any atom is -0.496 e. The van der Waals surface area contributed by atoms with Gasteiger partial charge in [0.15, 0.2) is 0 Å². The quantitative estimate of drug-likeness (QED) is 0.569. The topological polar surface area (TPSA) is 103 Å². The zero-order valence-corrected chi connectivity index (χ0v) is 14.4. The van der Waals surface area contributed by atoms with Crippen LogP contribution in [-0.4, -0.2) is 53.3 Å². The summed E-state index contributed by atoms with van der Waals surface area (Å²) in [4.78, 5) is 24.2.